The van der Waals surface area contributed by atoms with Crippen LogP contribution in [0.1, 0.15) is 36.2 Å². The van der Waals surface area contributed by atoms with E-state index in [-0.39, 0.29) is 5.91 Å². The second-order valence-electron chi connectivity index (χ2n) is 4.95. The van der Waals surface area contributed by atoms with Gasteiger partial charge in [0.1, 0.15) is 0 Å². The first kappa shape index (κ1) is 13.3. The van der Waals surface area contributed by atoms with E-state index < -0.39 is 0 Å². The number of nitrogens with one attached hydrogen (secondary N) is 1. The third-order valence-electron chi connectivity index (χ3n) is 3.62. The Labute approximate surface area is 112 Å². The summed E-state index contributed by atoms with van der Waals surface area (Å²) in [6.07, 6.45) is 6.44. The number of hydrogen-bond donors (Lipinski definition) is 1. The van der Waals surface area contributed by atoms with Crippen molar-refractivity contribution in [3.05, 3.63) is 11.9 Å². The number of rotatable bonds is 4. The van der Waals surface area contributed by atoms with Crippen molar-refractivity contribution < 1.29 is 4.79 Å². The van der Waals surface area contributed by atoms with E-state index in [2.05, 4.69) is 15.6 Å². The standard InChI is InChI=1S/C12H19ClN4O/c1-17-8-11(15-16-17)12(18)14-7-10-5-3-2-4-9(10)6-13/h8-10H,2-7H2,1H3,(H,14,18). The number of hydrogen-bond acceptors (Lipinski definition) is 3. The fourth-order valence-corrected chi connectivity index (χ4v) is 2.93. The van der Waals surface area contributed by atoms with Gasteiger partial charge in [0, 0.05) is 19.5 Å². The van der Waals surface area contributed by atoms with E-state index in [0.717, 1.165) is 6.42 Å². The van der Waals surface area contributed by atoms with Crippen LogP contribution in [-0.2, 0) is 7.05 Å². The summed E-state index contributed by atoms with van der Waals surface area (Å²) in [6, 6.07) is 0. The van der Waals surface area contributed by atoms with Gasteiger partial charge in [0.05, 0.1) is 6.20 Å². The molecule has 0 spiro atoms. The normalized spacial score (nSPS) is 23.9. The molecule has 6 heteroatoms. The van der Waals surface area contributed by atoms with E-state index in [1.165, 1.54) is 23.9 Å². The molecule has 1 aliphatic rings. The number of alkyl halides is 1. The Morgan fingerprint density at radius 1 is 1.50 bits per heavy atom. The highest BCUT2D eigenvalue weighted by Gasteiger charge is 2.25. The Morgan fingerprint density at radius 3 is 2.83 bits per heavy atom. The summed E-state index contributed by atoms with van der Waals surface area (Å²) in [5, 5.41) is 10.5. The van der Waals surface area contributed by atoms with Crippen molar-refractivity contribution >= 4 is 17.5 Å². The van der Waals surface area contributed by atoms with E-state index in [4.69, 9.17) is 11.6 Å². The van der Waals surface area contributed by atoms with Crippen LogP contribution < -0.4 is 5.32 Å². The van der Waals surface area contributed by atoms with Crippen LogP contribution in [0.25, 0.3) is 0 Å². The predicted molar refractivity (Wildman–Crippen MR) is 69.5 cm³/mol. The zero-order valence-electron chi connectivity index (χ0n) is 10.6. The minimum absolute atomic E-state index is 0.151. The molecule has 5 nitrogen and oxygen atoms in total. The van der Waals surface area contributed by atoms with Crippen LogP contribution in [0.4, 0.5) is 0 Å². The maximum atomic E-state index is 11.8. The minimum Gasteiger partial charge on any atom is -0.350 e. The molecule has 0 saturated heterocycles. The van der Waals surface area contributed by atoms with Gasteiger partial charge in [0.15, 0.2) is 5.69 Å². The molecule has 100 valence electrons. The van der Waals surface area contributed by atoms with Crippen LogP contribution in [0.2, 0.25) is 0 Å². The molecule has 2 unspecified atom stereocenters. The number of halogens is 1. The maximum Gasteiger partial charge on any atom is 0.273 e. The first-order valence-corrected chi connectivity index (χ1v) is 6.94. The van der Waals surface area contributed by atoms with Crippen LogP contribution in [0.5, 0.6) is 0 Å². The minimum atomic E-state index is -0.151. The van der Waals surface area contributed by atoms with Crippen LogP contribution >= 0.6 is 11.6 Å². The van der Waals surface area contributed by atoms with Crippen molar-refractivity contribution in [1.29, 1.82) is 0 Å². The zero-order valence-corrected chi connectivity index (χ0v) is 11.4. The molecule has 2 atom stereocenters. The largest absolute Gasteiger partial charge is 0.350 e. The fraction of sp³-hybridized carbons (Fsp3) is 0.750. The van der Waals surface area contributed by atoms with E-state index >= 15 is 0 Å². The van der Waals surface area contributed by atoms with Gasteiger partial charge in [-0.15, -0.1) is 16.7 Å². The number of nitrogens with zero attached hydrogens (tertiary/aromatic N) is 3. The van der Waals surface area contributed by atoms with Gasteiger partial charge < -0.3 is 5.32 Å². The second kappa shape index (κ2) is 6.18. The molecule has 1 aromatic heterocycles. The maximum absolute atomic E-state index is 11.8. The summed E-state index contributed by atoms with van der Waals surface area (Å²) in [5.74, 6) is 1.56. The van der Waals surface area contributed by atoms with Crippen molar-refractivity contribution in [2.75, 3.05) is 12.4 Å². The molecule has 1 N–H and O–H groups in total. The first-order chi connectivity index (χ1) is 8.70. The summed E-state index contributed by atoms with van der Waals surface area (Å²) in [6.45, 7) is 0.687. The molecular weight excluding hydrogens is 252 g/mol. The third-order valence-corrected chi connectivity index (χ3v) is 4.02. The van der Waals surface area contributed by atoms with E-state index in [1.54, 1.807) is 13.2 Å². The lowest BCUT2D eigenvalue weighted by Crippen LogP contribution is -2.35. The Bertz CT molecular complexity index is 407. The first-order valence-electron chi connectivity index (χ1n) is 6.41. The molecule has 1 aliphatic carbocycles. The lowest BCUT2D eigenvalue weighted by Gasteiger charge is -2.30. The predicted octanol–water partition coefficient (Wildman–Crippen LogP) is 1.59. The van der Waals surface area contributed by atoms with Gasteiger partial charge in [0.25, 0.3) is 5.91 Å². The molecule has 1 aromatic rings. The summed E-state index contributed by atoms with van der Waals surface area (Å²) < 4.78 is 1.52. The van der Waals surface area contributed by atoms with Gasteiger partial charge >= 0.3 is 0 Å². The molecule has 1 fully saturated rings. The molecule has 2 rings (SSSR count). The Morgan fingerprint density at radius 2 is 2.22 bits per heavy atom. The van der Waals surface area contributed by atoms with Crippen LogP contribution in [-0.4, -0.2) is 33.3 Å². The second-order valence-corrected chi connectivity index (χ2v) is 5.26. The summed E-state index contributed by atoms with van der Waals surface area (Å²) in [4.78, 5) is 11.8. The van der Waals surface area contributed by atoms with Crippen molar-refractivity contribution in [2.24, 2.45) is 18.9 Å². The van der Waals surface area contributed by atoms with Crippen LogP contribution in [0.3, 0.4) is 0 Å². The molecule has 18 heavy (non-hydrogen) atoms. The molecule has 0 radical (unpaired) electrons. The topological polar surface area (TPSA) is 59.8 Å². The smallest absolute Gasteiger partial charge is 0.273 e. The lowest BCUT2D eigenvalue weighted by atomic mass is 9.80. The highest BCUT2D eigenvalue weighted by atomic mass is 35.5. The Kier molecular flexibility index (Phi) is 4.58. The van der Waals surface area contributed by atoms with Gasteiger partial charge in [-0.25, -0.2) is 0 Å². The summed E-state index contributed by atoms with van der Waals surface area (Å²) in [7, 11) is 1.74. The number of aryl methyl sites for hydroxylation is 1. The average Bonchev–Trinajstić information content (AvgIpc) is 2.83. The molecular formula is C12H19ClN4O. The number of carbonyl (C=O) groups is 1. The summed E-state index contributed by atoms with van der Waals surface area (Å²) >= 11 is 5.97. The molecule has 1 heterocycles. The van der Waals surface area contributed by atoms with E-state index in [0.29, 0.717) is 30.0 Å². The molecule has 0 bridgehead atoms. The molecule has 0 aromatic carbocycles. The van der Waals surface area contributed by atoms with E-state index in [1.807, 2.05) is 0 Å². The van der Waals surface area contributed by atoms with E-state index in [9.17, 15) is 4.79 Å². The van der Waals surface area contributed by atoms with Gasteiger partial charge in [-0.2, -0.15) is 0 Å². The highest BCUT2D eigenvalue weighted by molar-refractivity contribution is 6.18. The lowest BCUT2D eigenvalue weighted by molar-refractivity contribution is 0.0931. The summed E-state index contributed by atoms with van der Waals surface area (Å²) in [5.41, 5.74) is 0.371. The van der Waals surface area contributed by atoms with Crippen LogP contribution in [0.15, 0.2) is 6.20 Å². The SMILES string of the molecule is Cn1cc(C(=O)NCC2CCCCC2CCl)nn1. The van der Waals surface area contributed by atoms with Gasteiger partial charge in [-0.3, -0.25) is 9.48 Å². The Balaban J connectivity index is 1.85. The van der Waals surface area contributed by atoms with Crippen molar-refractivity contribution in [3.63, 3.8) is 0 Å². The Hall–Kier alpha value is -1.10. The van der Waals surface area contributed by atoms with Gasteiger partial charge in [-0.05, 0) is 24.7 Å². The van der Waals surface area contributed by atoms with Crippen molar-refractivity contribution in [3.8, 4) is 0 Å². The molecule has 1 amide bonds. The third kappa shape index (κ3) is 3.22. The average molecular weight is 271 g/mol. The fourth-order valence-electron chi connectivity index (χ4n) is 2.52. The van der Waals surface area contributed by atoms with Crippen molar-refractivity contribution in [2.45, 2.75) is 25.7 Å². The number of carbonyl (C=O) groups excluding carboxylic acids is 1. The van der Waals surface area contributed by atoms with Gasteiger partial charge in [0.2, 0.25) is 0 Å². The van der Waals surface area contributed by atoms with Crippen molar-refractivity contribution in [1.82, 2.24) is 20.3 Å². The zero-order chi connectivity index (χ0) is 13.0. The van der Waals surface area contributed by atoms with Crippen LogP contribution in [0, 0.1) is 11.8 Å². The molecule has 1 saturated carbocycles. The number of aromatic nitrogens is 3. The monoisotopic (exact) mass is 270 g/mol. The highest BCUT2D eigenvalue weighted by Crippen LogP contribution is 2.30. The number of amides is 1. The van der Waals surface area contributed by atoms with Gasteiger partial charge in [-0.1, -0.05) is 18.1 Å². The quantitative estimate of drug-likeness (QED) is 0.846. The molecule has 0 aliphatic heterocycles.